The Morgan fingerprint density at radius 2 is 2.39 bits per heavy atom. The van der Waals surface area contributed by atoms with Gasteiger partial charge < -0.3 is 19.9 Å². The van der Waals surface area contributed by atoms with Crippen molar-refractivity contribution in [2.24, 2.45) is 0 Å². The molecule has 2 unspecified atom stereocenters. The van der Waals surface area contributed by atoms with E-state index in [2.05, 4.69) is 5.32 Å². The van der Waals surface area contributed by atoms with Crippen molar-refractivity contribution in [1.29, 1.82) is 0 Å². The molecule has 2 atom stereocenters. The summed E-state index contributed by atoms with van der Waals surface area (Å²) in [6, 6.07) is 5.36. The third kappa shape index (κ3) is 3.15. The van der Waals surface area contributed by atoms with E-state index in [1.165, 1.54) is 0 Å². The molecular weight excluding hydrogens is 230 g/mol. The van der Waals surface area contributed by atoms with Gasteiger partial charge in [-0.1, -0.05) is 0 Å². The van der Waals surface area contributed by atoms with E-state index >= 15 is 0 Å². The number of rotatable bonds is 5. The molecule has 0 spiro atoms. The fourth-order valence-corrected chi connectivity index (χ4v) is 2.23. The number of hydrogen-bond acceptors (Lipinski definition) is 4. The van der Waals surface area contributed by atoms with E-state index in [4.69, 9.17) is 9.47 Å². The van der Waals surface area contributed by atoms with Crippen LogP contribution in [0, 0.1) is 0 Å². The van der Waals surface area contributed by atoms with Crippen molar-refractivity contribution in [3.8, 4) is 11.5 Å². The van der Waals surface area contributed by atoms with Crippen molar-refractivity contribution in [2.75, 3.05) is 20.3 Å². The zero-order chi connectivity index (χ0) is 13.0. The molecule has 2 N–H and O–H groups in total. The lowest BCUT2D eigenvalue weighted by molar-refractivity contribution is 0.108. The summed E-state index contributed by atoms with van der Waals surface area (Å²) in [4.78, 5) is 0. The number of phenolic OH excluding ortho intramolecular Hbond substituents is 1. The van der Waals surface area contributed by atoms with Gasteiger partial charge in [-0.3, -0.25) is 0 Å². The highest BCUT2D eigenvalue weighted by atomic mass is 16.5. The minimum atomic E-state index is 0.0734. The van der Waals surface area contributed by atoms with Gasteiger partial charge in [-0.15, -0.1) is 0 Å². The molecule has 1 fully saturated rings. The molecule has 1 heterocycles. The van der Waals surface area contributed by atoms with Crippen molar-refractivity contribution < 1.29 is 14.6 Å². The first kappa shape index (κ1) is 13.2. The first-order chi connectivity index (χ1) is 8.70. The Kier molecular flexibility index (Phi) is 4.44. The summed E-state index contributed by atoms with van der Waals surface area (Å²) in [5, 5.41) is 13.3. The molecule has 1 aliphatic rings. The number of phenols is 1. The minimum absolute atomic E-state index is 0.0734. The van der Waals surface area contributed by atoms with Gasteiger partial charge in [0.15, 0.2) is 0 Å². The fraction of sp³-hybridized carbons (Fsp3) is 0.571. The van der Waals surface area contributed by atoms with Gasteiger partial charge >= 0.3 is 0 Å². The maximum atomic E-state index is 9.87. The van der Waals surface area contributed by atoms with Crippen molar-refractivity contribution >= 4 is 0 Å². The Labute approximate surface area is 108 Å². The molecule has 0 radical (unpaired) electrons. The molecule has 100 valence electrons. The van der Waals surface area contributed by atoms with Crippen LogP contribution in [0.5, 0.6) is 11.5 Å². The van der Waals surface area contributed by atoms with Crippen LogP contribution in [0.3, 0.4) is 0 Å². The average Bonchev–Trinajstić information content (AvgIpc) is 2.89. The molecule has 1 aliphatic heterocycles. The molecule has 0 aromatic heterocycles. The minimum Gasteiger partial charge on any atom is -0.508 e. The van der Waals surface area contributed by atoms with Gasteiger partial charge in [-0.05, 0) is 38.0 Å². The molecule has 0 bridgehead atoms. The van der Waals surface area contributed by atoms with Crippen LogP contribution in [0.1, 0.15) is 31.4 Å². The van der Waals surface area contributed by atoms with Gasteiger partial charge in [-0.25, -0.2) is 0 Å². The van der Waals surface area contributed by atoms with Gasteiger partial charge in [-0.2, -0.15) is 0 Å². The molecule has 2 rings (SSSR count). The molecule has 0 saturated carbocycles. The SMILES string of the molecule is COc1ccc(O)c(C(C)NCC2CCCO2)c1. The van der Waals surface area contributed by atoms with Gasteiger partial charge in [0.05, 0.1) is 13.2 Å². The van der Waals surface area contributed by atoms with E-state index in [1.807, 2.05) is 13.0 Å². The second-order valence-electron chi connectivity index (χ2n) is 4.69. The van der Waals surface area contributed by atoms with Crippen molar-refractivity contribution in [3.05, 3.63) is 23.8 Å². The van der Waals surface area contributed by atoms with Crippen LogP contribution in [0.2, 0.25) is 0 Å². The number of methoxy groups -OCH3 is 1. The predicted octanol–water partition coefficient (Wildman–Crippen LogP) is 2.23. The summed E-state index contributed by atoms with van der Waals surface area (Å²) < 4.78 is 10.7. The molecule has 1 saturated heterocycles. The summed E-state index contributed by atoms with van der Waals surface area (Å²) in [5.41, 5.74) is 0.854. The van der Waals surface area contributed by atoms with E-state index in [0.29, 0.717) is 11.9 Å². The number of aromatic hydroxyl groups is 1. The number of hydrogen-bond donors (Lipinski definition) is 2. The van der Waals surface area contributed by atoms with Crippen LogP contribution in [0.4, 0.5) is 0 Å². The van der Waals surface area contributed by atoms with Crippen molar-refractivity contribution in [3.63, 3.8) is 0 Å². The number of ether oxygens (including phenoxy) is 2. The Morgan fingerprint density at radius 3 is 3.06 bits per heavy atom. The second-order valence-corrected chi connectivity index (χ2v) is 4.69. The summed E-state index contributed by atoms with van der Waals surface area (Å²) in [5.74, 6) is 1.05. The largest absolute Gasteiger partial charge is 0.508 e. The summed E-state index contributed by atoms with van der Waals surface area (Å²) in [6.07, 6.45) is 2.56. The Morgan fingerprint density at radius 1 is 1.56 bits per heavy atom. The molecule has 4 heteroatoms. The van der Waals surface area contributed by atoms with Gasteiger partial charge in [0.1, 0.15) is 11.5 Å². The quantitative estimate of drug-likeness (QED) is 0.842. The summed E-state index contributed by atoms with van der Waals surface area (Å²) in [6.45, 7) is 3.71. The molecular formula is C14H21NO3. The maximum Gasteiger partial charge on any atom is 0.120 e. The lowest BCUT2D eigenvalue weighted by Gasteiger charge is -2.18. The standard InChI is InChI=1S/C14H21NO3/c1-10(15-9-12-4-3-7-18-12)13-8-11(17-2)5-6-14(13)16/h5-6,8,10,12,15-16H,3-4,7,9H2,1-2H3. The molecule has 18 heavy (non-hydrogen) atoms. The normalized spacial score (nSPS) is 20.9. The highest BCUT2D eigenvalue weighted by molar-refractivity contribution is 5.41. The smallest absolute Gasteiger partial charge is 0.120 e. The zero-order valence-electron chi connectivity index (χ0n) is 11.0. The van der Waals surface area contributed by atoms with Gasteiger partial charge in [0.25, 0.3) is 0 Å². The van der Waals surface area contributed by atoms with E-state index in [0.717, 1.165) is 37.3 Å². The van der Waals surface area contributed by atoms with Crippen LogP contribution < -0.4 is 10.1 Å². The highest BCUT2D eigenvalue weighted by Crippen LogP contribution is 2.28. The van der Waals surface area contributed by atoms with Crippen LogP contribution in [0.15, 0.2) is 18.2 Å². The third-order valence-corrected chi connectivity index (χ3v) is 3.38. The van der Waals surface area contributed by atoms with E-state index < -0.39 is 0 Å². The number of benzene rings is 1. The molecule has 1 aromatic carbocycles. The summed E-state index contributed by atoms with van der Waals surface area (Å²) >= 11 is 0. The fourth-order valence-electron chi connectivity index (χ4n) is 2.23. The lowest BCUT2D eigenvalue weighted by Crippen LogP contribution is -2.28. The zero-order valence-corrected chi connectivity index (χ0v) is 11.0. The molecule has 0 amide bonds. The van der Waals surface area contributed by atoms with Gasteiger partial charge in [0, 0.05) is 24.8 Å². The van der Waals surface area contributed by atoms with Crippen molar-refractivity contribution in [1.82, 2.24) is 5.32 Å². The van der Waals surface area contributed by atoms with Crippen molar-refractivity contribution in [2.45, 2.75) is 31.9 Å². The molecule has 1 aromatic rings. The second kappa shape index (κ2) is 6.07. The number of nitrogens with one attached hydrogen (secondary N) is 1. The van der Waals surface area contributed by atoms with E-state index in [-0.39, 0.29) is 6.04 Å². The maximum absolute atomic E-state index is 9.87. The van der Waals surface area contributed by atoms with Crippen LogP contribution >= 0.6 is 0 Å². The molecule has 0 aliphatic carbocycles. The monoisotopic (exact) mass is 251 g/mol. The Hall–Kier alpha value is -1.26. The topological polar surface area (TPSA) is 50.7 Å². The van der Waals surface area contributed by atoms with Crippen LogP contribution in [-0.2, 0) is 4.74 Å². The predicted molar refractivity (Wildman–Crippen MR) is 70.1 cm³/mol. The highest BCUT2D eigenvalue weighted by Gasteiger charge is 2.17. The summed E-state index contributed by atoms with van der Waals surface area (Å²) in [7, 11) is 1.63. The average molecular weight is 251 g/mol. The molecule has 4 nitrogen and oxygen atoms in total. The Balaban J connectivity index is 1.96. The third-order valence-electron chi connectivity index (χ3n) is 3.38. The van der Waals surface area contributed by atoms with Crippen LogP contribution in [0.25, 0.3) is 0 Å². The lowest BCUT2D eigenvalue weighted by atomic mass is 10.1. The first-order valence-electron chi connectivity index (χ1n) is 6.42. The first-order valence-corrected chi connectivity index (χ1v) is 6.42. The van der Waals surface area contributed by atoms with Crippen LogP contribution in [-0.4, -0.2) is 31.5 Å². The van der Waals surface area contributed by atoms with E-state index in [9.17, 15) is 5.11 Å². The van der Waals surface area contributed by atoms with Gasteiger partial charge in [0.2, 0.25) is 0 Å². The Bertz CT molecular complexity index is 389. The van der Waals surface area contributed by atoms with E-state index in [1.54, 1.807) is 19.2 Å².